The number of fused-ring (bicyclic) bond motifs is 1. The summed E-state index contributed by atoms with van der Waals surface area (Å²) in [6.07, 6.45) is 3.53. The van der Waals surface area contributed by atoms with Crippen molar-refractivity contribution in [1.82, 2.24) is 4.98 Å². The molecule has 2 heterocycles. The third kappa shape index (κ3) is 2.03. The molecule has 0 amide bonds. The fourth-order valence-electron chi connectivity index (χ4n) is 2.35. The molecule has 0 radical (unpaired) electrons. The van der Waals surface area contributed by atoms with E-state index < -0.39 is 0 Å². The fourth-order valence-corrected chi connectivity index (χ4v) is 2.57. The lowest BCUT2D eigenvalue weighted by atomic mass is 9.76. The van der Waals surface area contributed by atoms with Crippen molar-refractivity contribution in [2.24, 2.45) is 0 Å². The van der Waals surface area contributed by atoms with E-state index in [2.05, 4.69) is 4.98 Å². The highest BCUT2D eigenvalue weighted by atomic mass is 35.5. The van der Waals surface area contributed by atoms with Gasteiger partial charge in [-0.3, -0.25) is 4.98 Å². The van der Waals surface area contributed by atoms with Crippen LogP contribution in [0, 0.1) is 0 Å². The maximum absolute atomic E-state index is 6.23. The number of halogens is 1. The van der Waals surface area contributed by atoms with Crippen LogP contribution in [0.1, 0.15) is 27.7 Å². The Kier molecular flexibility index (Phi) is 3.09. The zero-order chi connectivity index (χ0) is 14.5. The van der Waals surface area contributed by atoms with Crippen LogP contribution in [0.5, 0.6) is 0 Å². The van der Waals surface area contributed by atoms with E-state index in [1.54, 1.807) is 12.4 Å². The average molecular weight is 290 g/mol. The molecule has 3 rings (SSSR count). The number of rotatable bonds is 1. The van der Waals surface area contributed by atoms with E-state index in [1.807, 2.05) is 45.9 Å². The van der Waals surface area contributed by atoms with Crippen LogP contribution in [0.2, 0.25) is 5.02 Å². The Hall–Kier alpha value is -1.10. The van der Waals surface area contributed by atoms with Crippen LogP contribution in [0.15, 0.2) is 30.6 Å². The molecule has 1 aliphatic rings. The van der Waals surface area contributed by atoms with E-state index in [-0.39, 0.29) is 18.3 Å². The minimum Gasteiger partial charge on any atom is -0.399 e. The second-order valence-corrected chi connectivity index (χ2v) is 6.55. The molecule has 1 fully saturated rings. The Labute approximate surface area is 124 Å². The maximum atomic E-state index is 6.23. The Morgan fingerprint density at radius 2 is 1.65 bits per heavy atom. The molecule has 20 heavy (non-hydrogen) atoms. The summed E-state index contributed by atoms with van der Waals surface area (Å²) < 4.78 is 12.2. The van der Waals surface area contributed by atoms with Crippen LogP contribution in [0.3, 0.4) is 0 Å². The quantitative estimate of drug-likeness (QED) is 0.756. The molecule has 0 N–H and O–H groups in total. The Morgan fingerprint density at radius 3 is 2.30 bits per heavy atom. The van der Waals surface area contributed by atoms with E-state index in [1.165, 1.54) is 0 Å². The molecule has 1 aliphatic heterocycles. The van der Waals surface area contributed by atoms with Gasteiger partial charge in [-0.1, -0.05) is 17.7 Å². The fraction of sp³-hybridized carbons (Fsp3) is 0.400. The van der Waals surface area contributed by atoms with Gasteiger partial charge in [0.25, 0.3) is 0 Å². The average Bonchev–Trinajstić information content (AvgIpc) is 2.59. The molecule has 0 saturated carbocycles. The molecule has 1 aromatic carbocycles. The van der Waals surface area contributed by atoms with Gasteiger partial charge in [-0.15, -0.1) is 0 Å². The molecule has 0 spiro atoms. The van der Waals surface area contributed by atoms with Gasteiger partial charge in [-0.2, -0.15) is 0 Å². The van der Waals surface area contributed by atoms with Gasteiger partial charge in [0.05, 0.1) is 11.2 Å². The predicted octanol–water partition coefficient (Wildman–Crippen LogP) is 3.19. The number of hydrogen-bond acceptors (Lipinski definition) is 3. The maximum Gasteiger partial charge on any atom is 0.495 e. The van der Waals surface area contributed by atoms with E-state index in [0.29, 0.717) is 5.02 Å². The number of aromatic nitrogens is 1. The molecule has 104 valence electrons. The Balaban J connectivity index is 2.11. The van der Waals surface area contributed by atoms with Gasteiger partial charge in [0, 0.05) is 22.8 Å². The highest BCUT2D eigenvalue weighted by Gasteiger charge is 2.52. The number of hydrogen-bond donors (Lipinski definition) is 0. The topological polar surface area (TPSA) is 31.4 Å². The highest BCUT2D eigenvalue weighted by molar-refractivity contribution is 6.65. The monoisotopic (exact) mass is 289 g/mol. The minimum absolute atomic E-state index is 0.351. The third-order valence-corrected chi connectivity index (χ3v) is 4.64. The van der Waals surface area contributed by atoms with Gasteiger partial charge < -0.3 is 9.31 Å². The van der Waals surface area contributed by atoms with Crippen LogP contribution in [-0.4, -0.2) is 23.3 Å². The number of benzene rings is 1. The van der Waals surface area contributed by atoms with Crippen molar-refractivity contribution in [1.29, 1.82) is 0 Å². The highest BCUT2D eigenvalue weighted by Crippen LogP contribution is 2.37. The first-order valence-electron chi connectivity index (χ1n) is 6.70. The molecule has 0 atom stereocenters. The summed E-state index contributed by atoms with van der Waals surface area (Å²) >= 11 is 6.23. The lowest BCUT2D eigenvalue weighted by Gasteiger charge is -2.32. The normalized spacial score (nSPS) is 20.6. The first kappa shape index (κ1) is 13.9. The molecule has 0 aliphatic carbocycles. The molecular formula is C15H17BClNO2. The summed E-state index contributed by atoms with van der Waals surface area (Å²) in [6.45, 7) is 8.19. The van der Waals surface area contributed by atoms with Gasteiger partial charge in [0.1, 0.15) is 0 Å². The Morgan fingerprint density at radius 1 is 1.00 bits per heavy atom. The SMILES string of the molecule is CC1(C)OB(c2ccc(Cl)c3cnccc23)OC1(C)C. The second-order valence-electron chi connectivity index (χ2n) is 6.15. The predicted molar refractivity (Wildman–Crippen MR) is 82.5 cm³/mol. The van der Waals surface area contributed by atoms with Crippen molar-refractivity contribution in [3.63, 3.8) is 0 Å². The van der Waals surface area contributed by atoms with Crippen LogP contribution in [0.4, 0.5) is 0 Å². The molecule has 0 bridgehead atoms. The van der Waals surface area contributed by atoms with Crippen molar-refractivity contribution in [3.05, 3.63) is 35.6 Å². The van der Waals surface area contributed by atoms with Gasteiger partial charge in [0.2, 0.25) is 0 Å². The van der Waals surface area contributed by atoms with Gasteiger partial charge in [-0.05, 0) is 50.7 Å². The summed E-state index contributed by atoms with van der Waals surface area (Å²) in [4.78, 5) is 4.13. The van der Waals surface area contributed by atoms with Crippen LogP contribution < -0.4 is 5.46 Å². The van der Waals surface area contributed by atoms with Crippen molar-refractivity contribution in [3.8, 4) is 0 Å². The van der Waals surface area contributed by atoms with Crippen LogP contribution >= 0.6 is 11.6 Å². The zero-order valence-corrected chi connectivity index (χ0v) is 12.9. The summed E-state index contributed by atoms with van der Waals surface area (Å²) in [5.41, 5.74) is 0.290. The minimum atomic E-state index is -0.387. The van der Waals surface area contributed by atoms with Gasteiger partial charge >= 0.3 is 7.12 Å². The van der Waals surface area contributed by atoms with E-state index in [0.717, 1.165) is 16.2 Å². The lowest BCUT2D eigenvalue weighted by Crippen LogP contribution is -2.41. The first-order valence-corrected chi connectivity index (χ1v) is 7.07. The Bertz CT molecular complexity index is 656. The van der Waals surface area contributed by atoms with Crippen LogP contribution in [-0.2, 0) is 9.31 Å². The summed E-state index contributed by atoms with van der Waals surface area (Å²) in [5, 5.41) is 2.63. The summed E-state index contributed by atoms with van der Waals surface area (Å²) in [5.74, 6) is 0. The molecule has 1 aromatic heterocycles. The first-order chi connectivity index (χ1) is 9.32. The van der Waals surface area contributed by atoms with Crippen molar-refractivity contribution in [2.45, 2.75) is 38.9 Å². The van der Waals surface area contributed by atoms with Crippen LogP contribution in [0.25, 0.3) is 10.8 Å². The lowest BCUT2D eigenvalue weighted by molar-refractivity contribution is 0.00578. The molecule has 1 saturated heterocycles. The number of pyridine rings is 1. The number of nitrogens with zero attached hydrogens (tertiary/aromatic N) is 1. The molecule has 2 aromatic rings. The molecular weight excluding hydrogens is 272 g/mol. The van der Waals surface area contributed by atoms with Gasteiger partial charge in [-0.25, -0.2) is 0 Å². The summed E-state index contributed by atoms with van der Waals surface area (Å²) in [6, 6.07) is 5.78. The second kappa shape index (κ2) is 4.45. The van der Waals surface area contributed by atoms with Crippen molar-refractivity contribution in [2.75, 3.05) is 0 Å². The molecule has 5 heteroatoms. The largest absolute Gasteiger partial charge is 0.495 e. The van der Waals surface area contributed by atoms with Crippen molar-refractivity contribution >= 4 is 35.0 Å². The smallest absolute Gasteiger partial charge is 0.399 e. The van der Waals surface area contributed by atoms with E-state index in [4.69, 9.17) is 20.9 Å². The third-order valence-electron chi connectivity index (χ3n) is 4.31. The summed E-state index contributed by atoms with van der Waals surface area (Å²) in [7, 11) is -0.387. The van der Waals surface area contributed by atoms with E-state index in [9.17, 15) is 0 Å². The van der Waals surface area contributed by atoms with Gasteiger partial charge in [0.15, 0.2) is 0 Å². The van der Waals surface area contributed by atoms with Crippen molar-refractivity contribution < 1.29 is 9.31 Å². The molecule has 3 nitrogen and oxygen atoms in total. The van der Waals surface area contributed by atoms with E-state index >= 15 is 0 Å². The molecule has 0 unspecified atom stereocenters. The zero-order valence-electron chi connectivity index (χ0n) is 12.1. The standard InChI is InChI=1S/C15H17BClNO2/c1-14(2)15(3,4)20-16(19-14)12-5-6-13(17)11-9-18-8-7-10(11)12/h5-9H,1-4H3.